The predicted octanol–water partition coefficient (Wildman–Crippen LogP) is 2.24. The predicted molar refractivity (Wildman–Crippen MR) is 58.4 cm³/mol. The van der Waals surface area contributed by atoms with Crippen LogP contribution in [0.4, 0.5) is 0 Å². The van der Waals surface area contributed by atoms with Gasteiger partial charge in [0.25, 0.3) is 0 Å². The Labute approximate surface area is 93.0 Å². The van der Waals surface area contributed by atoms with Gasteiger partial charge in [0, 0.05) is 12.4 Å². The van der Waals surface area contributed by atoms with Crippen LogP contribution in [-0.2, 0) is 0 Å². The third kappa shape index (κ3) is 1.72. The second-order valence-electron chi connectivity index (χ2n) is 3.35. The van der Waals surface area contributed by atoms with E-state index in [1.807, 2.05) is 31.5 Å². The molecular formula is C10H11ClN4. The van der Waals surface area contributed by atoms with Gasteiger partial charge < -0.3 is 0 Å². The van der Waals surface area contributed by atoms with Gasteiger partial charge in [-0.05, 0) is 20.8 Å². The first-order valence-electron chi connectivity index (χ1n) is 4.60. The fourth-order valence-corrected chi connectivity index (χ4v) is 1.58. The number of nitrogens with zero attached hydrogens (tertiary/aromatic N) is 4. The van der Waals surface area contributed by atoms with Crippen LogP contribution in [-0.4, -0.2) is 19.5 Å². The number of imidazole rings is 1. The van der Waals surface area contributed by atoms with Gasteiger partial charge in [0.2, 0.25) is 0 Å². The van der Waals surface area contributed by atoms with Gasteiger partial charge in [0.05, 0.1) is 11.4 Å². The summed E-state index contributed by atoms with van der Waals surface area (Å²) in [4.78, 5) is 12.8. The highest BCUT2D eigenvalue weighted by Gasteiger charge is 2.10. The van der Waals surface area contributed by atoms with Crippen LogP contribution in [0.2, 0.25) is 5.15 Å². The van der Waals surface area contributed by atoms with Crippen molar-refractivity contribution >= 4 is 11.6 Å². The van der Waals surface area contributed by atoms with E-state index < -0.39 is 0 Å². The highest BCUT2D eigenvalue weighted by Crippen LogP contribution is 2.18. The van der Waals surface area contributed by atoms with Crippen LogP contribution in [0.5, 0.6) is 0 Å². The molecule has 0 spiro atoms. The Bertz CT molecular complexity index is 504. The van der Waals surface area contributed by atoms with Gasteiger partial charge in [-0.15, -0.1) is 0 Å². The Kier molecular flexibility index (Phi) is 2.44. The maximum Gasteiger partial charge on any atom is 0.176 e. The minimum atomic E-state index is 0.402. The Morgan fingerprint density at radius 3 is 2.40 bits per heavy atom. The van der Waals surface area contributed by atoms with Crippen LogP contribution in [0.15, 0.2) is 12.4 Å². The van der Waals surface area contributed by atoms with Crippen LogP contribution in [0.25, 0.3) is 5.82 Å². The zero-order valence-corrected chi connectivity index (χ0v) is 9.58. The molecule has 0 unspecified atom stereocenters. The van der Waals surface area contributed by atoms with Crippen LogP contribution in [0, 0.1) is 20.8 Å². The van der Waals surface area contributed by atoms with Crippen molar-refractivity contribution in [1.82, 2.24) is 19.5 Å². The molecule has 2 aromatic rings. The van der Waals surface area contributed by atoms with Crippen LogP contribution in [0.3, 0.4) is 0 Å². The van der Waals surface area contributed by atoms with E-state index in [4.69, 9.17) is 11.6 Å². The Morgan fingerprint density at radius 2 is 1.80 bits per heavy atom. The Morgan fingerprint density at radius 1 is 1.13 bits per heavy atom. The van der Waals surface area contributed by atoms with Crippen molar-refractivity contribution in [1.29, 1.82) is 0 Å². The second kappa shape index (κ2) is 3.62. The summed E-state index contributed by atoms with van der Waals surface area (Å²) in [6.07, 6.45) is 3.53. The number of aromatic nitrogens is 4. The molecule has 15 heavy (non-hydrogen) atoms. The molecule has 0 saturated carbocycles. The van der Waals surface area contributed by atoms with Crippen molar-refractivity contribution in [3.63, 3.8) is 0 Å². The summed E-state index contributed by atoms with van der Waals surface area (Å²) in [6, 6.07) is 0. The van der Waals surface area contributed by atoms with Crippen LogP contribution >= 0.6 is 11.6 Å². The summed E-state index contributed by atoms with van der Waals surface area (Å²) < 4.78 is 1.82. The normalized spacial score (nSPS) is 10.7. The minimum Gasteiger partial charge on any atom is -0.286 e. The average Bonchev–Trinajstić information content (AvgIpc) is 2.58. The topological polar surface area (TPSA) is 43.6 Å². The molecule has 0 bridgehead atoms. The molecule has 0 N–H and O–H groups in total. The van der Waals surface area contributed by atoms with Crippen LogP contribution < -0.4 is 0 Å². The summed E-state index contributed by atoms with van der Waals surface area (Å²) in [5, 5.41) is 0.402. The number of aryl methyl sites for hydroxylation is 3. The molecule has 2 heterocycles. The fourth-order valence-electron chi connectivity index (χ4n) is 1.32. The van der Waals surface area contributed by atoms with Crippen molar-refractivity contribution in [2.45, 2.75) is 20.8 Å². The van der Waals surface area contributed by atoms with Crippen molar-refractivity contribution in [3.8, 4) is 5.82 Å². The molecule has 0 aromatic carbocycles. The molecule has 0 aliphatic rings. The lowest BCUT2D eigenvalue weighted by Gasteiger charge is -2.08. The van der Waals surface area contributed by atoms with Gasteiger partial charge in [-0.1, -0.05) is 11.6 Å². The molecular weight excluding hydrogens is 212 g/mol. The quantitative estimate of drug-likeness (QED) is 0.743. The third-order valence-electron chi connectivity index (χ3n) is 2.30. The summed E-state index contributed by atoms with van der Waals surface area (Å²) >= 11 is 6.04. The largest absolute Gasteiger partial charge is 0.286 e. The van der Waals surface area contributed by atoms with Gasteiger partial charge >= 0.3 is 0 Å². The van der Waals surface area contributed by atoms with Gasteiger partial charge in [-0.25, -0.2) is 15.0 Å². The first-order valence-corrected chi connectivity index (χ1v) is 4.98. The molecule has 0 fully saturated rings. The summed E-state index contributed by atoms with van der Waals surface area (Å²) in [5.41, 5.74) is 1.73. The molecule has 2 rings (SSSR count). The van der Waals surface area contributed by atoms with Crippen molar-refractivity contribution < 1.29 is 0 Å². The van der Waals surface area contributed by atoms with Crippen molar-refractivity contribution in [2.75, 3.05) is 0 Å². The first-order chi connectivity index (χ1) is 7.09. The number of rotatable bonds is 1. The zero-order chi connectivity index (χ0) is 11.0. The Balaban J connectivity index is 2.64. The molecule has 0 aliphatic heterocycles. The summed E-state index contributed by atoms with van der Waals surface area (Å²) in [7, 11) is 0. The molecule has 2 aromatic heterocycles. The van der Waals surface area contributed by atoms with Gasteiger partial charge in [-0.3, -0.25) is 4.57 Å². The molecule has 0 amide bonds. The smallest absolute Gasteiger partial charge is 0.176 e. The lowest BCUT2D eigenvalue weighted by molar-refractivity contribution is 0.894. The molecule has 0 atom stereocenters. The van der Waals surface area contributed by atoms with Gasteiger partial charge in [0.1, 0.15) is 5.82 Å². The standard InChI is InChI=1S/C10H11ClN4/c1-6-7(2)14-10(9(11)13-6)15-5-4-12-8(15)3/h4-5H,1-3H3. The monoisotopic (exact) mass is 222 g/mol. The van der Waals surface area contributed by atoms with E-state index in [1.165, 1.54) is 0 Å². The maximum atomic E-state index is 6.04. The van der Waals surface area contributed by atoms with Crippen LogP contribution in [0.1, 0.15) is 17.2 Å². The van der Waals surface area contributed by atoms with Gasteiger partial charge in [-0.2, -0.15) is 0 Å². The average molecular weight is 223 g/mol. The summed E-state index contributed by atoms with van der Waals surface area (Å²) in [5.74, 6) is 1.48. The molecule has 0 saturated heterocycles. The number of hydrogen-bond donors (Lipinski definition) is 0. The number of halogens is 1. The first kappa shape index (κ1) is 10.1. The van der Waals surface area contributed by atoms with E-state index in [-0.39, 0.29) is 0 Å². The minimum absolute atomic E-state index is 0.402. The fraction of sp³-hybridized carbons (Fsp3) is 0.300. The van der Waals surface area contributed by atoms with E-state index in [2.05, 4.69) is 15.0 Å². The number of hydrogen-bond acceptors (Lipinski definition) is 3. The highest BCUT2D eigenvalue weighted by molar-refractivity contribution is 6.30. The lowest BCUT2D eigenvalue weighted by Crippen LogP contribution is -2.04. The lowest BCUT2D eigenvalue weighted by atomic mass is 10.3. The van der Waals surface area contributed by atoms with E-state index in [0.29, 0.717) is 11.0 Å². The maximum absolute atomic E-state index is 6.04. The Hall–Kier alpha value is -1.42. The third-order valence-corrected chi connectivity index (χ3v) is 2.56. The van der Waals surface area contributed by atoms with Gasteiger partial charge in [0.15, 0.2) is 11.0 Å². The van der Waals surface area contributed by atoms with Crippen molar-refractivity contribution in [3.05, 3.63) is 34.8 Å². The SMILES string of the molecule is Cc1nc(Cl)c(-n2ccnc2C)nc1C. The molecule has 5 heteroatoms. The molecule has 4 nitrogen and oxygen atoms in total. The van der Waals surface area contributed by atoms with E-state index in [1.54, 1.807) is 6.20 Å². The van der Waals surface area contributed by atoms with Crippen molar-refractivity contribution in [2.24, 2.45) is 0 Å². The van der Waals surface area contributed by atoms with E-state index in [9.17, 15) is 0 Å². The summed E-state index contributed by atoms with van der Waals surface area (Å²) in [6.45, 7) is 5.69. The molecule has 78 valence electrons. The van der Waals surface area contributed by atoms with E-state index in [0.717, 1.165) is 17.2 Å². The van der Waals surface area contributed by atoms with E-state index >= 15 is 0 Å². The molecule has 0 aliphatic carbocycles. The highest BCUT2D eigenvalue weighted by atomic mass is 35.5. The zero-order valence-electron chi connectivity index (χ0n) is 8.82. The molecule has 0 radical (unpaired) electrons. The second-order valence-corrected chi connectivity index (χ2v) is 3.71.